The summed E-state index contributed by atoms with van der Waals surface area (Å²) < 4.78 is 4.88. The van der Waals surface area contributed by atoms with Crippen molar-refractivity contribution in [1.29, 1.82) is 0 Å². The second kappa shape index (κ2) is 5.19. The van der Waals surface area contributed by atoms with E-state index in [1.54, 1.807) is 0 Å². The summed E-state index contributed by atoms with van der Waals surface area (Å²) in [5.74, 6) is -0.374. The minimum Gasteiger partial charge on any atom is -0.459 e. The van der Waals surface area contributed by atoms with E-state index in [0.29, 0.717) is 6.42 Å². The Hall–Kier alpha value is 0.380. The van der Waals surface area contributed by atoms with Crippen molar-refractivity contribution in [2.75, 3.05) is 0 Å². The maximum atomic E-state index is 12.5. The van der Waals surface area contributed by atoms with E-state index in [0.717, 1.165) is 32.1 Å². The number of hydrogen-bond donors (Lipinski definition) is 1. The van der Waals surface area contributed by atoms with E-state index in [1.165, 1.54) is 6.92 Å². The standard InChI is InChI=1S/C16H22Br3NO3/c1-10(21)23-15-7-12(2)4-13(3,8-15)6-14(5-12,9-15)20-11(22)16(17,18)19/h4-9H2,1-3H3,(H,20,22). The van der Waals surface area contributed by atoms with Gasteiger partial charge in [-0.05, 0) is 90.7 Å². The Bertz CT molecular complexity index is 553. The predicted molar refractivity (Wildman–Crippen MR) is 98.8 cm³/mol. The number of amides is 1. The molecule has 23 heavy (non-hydrogen) atoms. The highest BCUT2D eigenvalue weighted by molar-refractivity contribution is 9.40. The van der Waals surface area contributed by atoms with E-state index in [-0.39, 0.29) is 28.2 Å². The van der Waals surface area contributed by atoms with Crippen LogP contribution in [-0.2, 0) is 14.3 Å². The molecule has 0 radical (unpaired) electrons. The van der Waals surface area contributed by atoms with Crippen LogP contribution in [0.15, 0.2) is 0 Å². The SMILES string of the molecule is CC(=O)OC12CC3(C)CC(C)(CC(NC(=O)C(Br)(Br)Br)(C3)C1)C2. The number of ether oxygens (including phenoxy) is 1. The lowest BCUT2D eigenvalue weighted by Gasteiger charge is -2.68. The summed E-state index contributed by atoms with van der Waals surface area (Å²) in [6.07, 6.45) is 5.51. The summed E-state index contributed by atoms with van der Waals surface area (Å²) in [6, 6.07) is 0. The third-order valence-corrected chi connectivity index (χ3v) is 6.62. The molecule has 4 fully saturated rings. The predicted octanol–water partition coefficient (Wildman–Crippen LogP) is 4.38. The lowest BCUT2D eigenvalue weighted by molar-refractivity contribution is -0.223. The minimum atomic E-state index is -0.966. The molecule has 1 amide bonds. The van der Waals surface area contributed by atoms with Crippen LogP contribution >= 0.6 is 47.8 Å². The van der Waals surface area contributed by atoms with Crippen LogP contribution in [0.2, 0.25) is 0 Å². The average molecular weight is 516 g/mol. The first-order valence-corrected chi connectivity index (χ1v) is 10.3. The van der Waals surface area contributed by atoms with E-state index in [4.69, 9.17) is 4.74 Å². The number of nitrogens with one attached hydrogen (secondary N) is 1. The minimum absolute atomic E-state index is 0.0971. The number of carbonyl (C=O) groups excluding carboxylic acids is 2. The Morgan fingerprint density at radius 3 is 1.91 bits per heavy atom. The molecule has 2 atom stereocenters. The molecule has 7 heteroatoms. The van der Waals surface area contributed by atoms with Crippen LogP contribution < -0.4 is 5.32 Å². The van der Waals surface area contributed by atoms with Gasteiger partial charge < -0.3 is 10.1 Å². The summed E-state index contributed by atoms with van der Waals surface area (Å²) in [5.41, 5.74) is -0.560. The van der Waals surface area contributed by atoms with Gasteiger partial charge in [-0.15, -0.1) is 0 Å². The topological polar surface area (TPSA) is 55.4 Å². The van der Waals surface area contributed by atoms with Crippen molar-refractivity contribution in [3.05, 3.63) is 0 Å². The van der Waals surface area contributed by atoms with Crippen molar-refractivity contribution in [3.8, 4) is 0 Å². The third kappa shape index (κ3) is 3.39. The molecule has 4 rings (SSSR count). The second-order valence-electron chi connectivity index (χ2n) is 8.69. The zero-order valence-electron chi connectivity index (χ0n) is 13.6. The van der Waals surface area contributed by atoms with Gasteiger partial charge in [0.15, 0.2) is 0 Å². The number of rotatable bonds is 2. The van der Waals surface area contributed by atoms with Crippen LogP contribution in [-0.4, -0.2) is 25.2 Å². The largest absolute Gasteiger partial charge is 0.459 e. The molecule has 4 nitrogen and oxygen atoms in total. The first-order valence-electron chi connectivity index (χ1n) is 7.88. The van der Waals surface area contributed by atoms with E-state index < -0.39 is 7.74 Å². The zero-order valence-corrected chi connectivity index (χ0v) is 18.4. The molecule has 0 aromatic carbocycles. The molecule has 130 valence electrons. The van der Waals surface area contributed by atoms with Gasteiger partial charge in [-0.1, -0.05) is 13.8 Å². The van der Waals surface area contributed by atoms with Crippen LogP contribution in [0.4, 0.5) is 0 Å². The molecule has 2 unspecified atom stereocenters. The second-order valence-corrected chi connectivity index (χ2v) is 15.5. The van der Waals surface area contributed by atoms with Crippen molar-refractivity contribution >= 4 is 59.7 Å². The van der Waals surface area contributed by atoms with E-state index >= 15 is 0 Å². The van der Waals surface area contributed by atoms with Gasteiger partial charge in [-0.2, -0.15) is 0 Å². The summed E-state index contributed by atoms with van der Waals surface area (Å²) in [5, 5.41) is 3.24. The normalized spacial score (nSPS) is 45.0. The molecule has 0 heterocycles. The fourth-order valence-corrected chi connectivity index (χ4v) is 6.74. The van der Waals surface area contributed by atoms with Crippen LogP contribution in [0.5, 0.6) is 0 Å². The zero-order chi connectivity index (χ0) is 17.3. The Balaban J connectivity index is 1.96. The Kier molecular flexibility index (Phi) is 4.11. The van der Waals surface area contributed by atoms with Crippen molar-refractivity contribution in [3.63, 3.8) is 0 Å². The van der Waals surface area contributed by atoms with Crippen molar-refractivity contribution in [2.24, 2.45) is 10.8 Å². The van der Waals surface area contributed by atoms with Crippen LogP contribution in [0, 0.1) is 10.8 Å². The van der Waals surface area contributed by atoms with Crippen LogP contribution in [0.1, 0.15) is 59.3 Å². The maximum absolute atomic E-state index is 12.5. The lowest BCUT2D eigenvalue weighted by Crippen LogP contribution is -2.71. The molecule has 4 aliphatic rings. The lowest BCUT2D eigenvalue weighted by atomic mass is 9.41. The van der Waals surface area contributed by atoms with E-state index in [9.17, 15) is 9.59 Å². The first kappa shape index (κ1) is 18.2. The number of carbonyl (C=O) groups is 2. The van der Waals surface area contributed by atoms with E-state index in [2.05, 4.69) is 67.0 Å². The molecule has 1 N–H and O–H groups in total. The van der Waals surface area contributed by atoms with Crippen LogP contribution in [0.25, 0.3) is 0 Å². The number of esters is 1. The van der Waals surface area contributed by atoms with Gasteiger partial charge in [-0.25, -0.2) is 0 Å². The maximum Gasteiger partial charge on any atom is 0.303 e. The van der Waals surface area contributed by atoms with Crippen molar-refractivity contribution < 1.29 is 14.3 Å². The highest BCUT2D eigenvalue weighted by atomic mass is 80.0. The number of alkyl halides is 3. The molecular weight excluding hydrogens is 494 g/mol. The van der Waals surface area contributed by atoms with Gasteiger partial charge in [0.25, 0.3) is 5.91 Å². The molecule has 0 aliphatic heterocycles. The molecule has 4 bridgehead atoms. The molecule has 0 saturated heterocycles. The molecule has 0 aromatic heterocycles. The fourth-order valence-electron chi connectivity index (χ4n) is 6.44. The van der Waals surface area contributed by atoms with Crippen LogP contribution in [0.3, 0.4) is 0 Å². The molecule has 0 aromatic rings. The monoisotopic (exact) mass is 513 g/mol. The Morgan fingerprint density at radius 1 is 0.957 bits per heavy atom. The van der Waals surface area contributed by atoms with Gasteiger partial charge >= 0.3 is 5.97 Å². The smallest absolute Gasteiger partial charge is 0.303 e. The third-order valence-electron chi connectivity index (χ3n) is 5.54. The summed E-state index contributed by atoms with van der Waals surface area (Å²) in [4.78, 5) is 24.2. The van der Waals surface area contributed by atoms with Gasteiger partial charge in [0, 0.05) is 18.9 Å². The summed E-state index contributed by atoms with van der Waals surface area (Å²) >= 11 is 9.90. The fraction of sp³-hybridized carbons (Fsp3) is 0.875. The molecule has 0 spiro atoms. The Labute approximate surface area is 162 Å². The van der Waals surface area contributed by atoms with E-state index in [1.807, 2.05) is 0 Å². The van der Waals surface area contributed by atoms with Gasteiger partial charge in [0.1, 0.15) is 5.60 Å². The van der Waals surface area contributed by atoms with Gasteiger partial charge in [0.2, 0.25) is 2.14 Å². The average Bonchev–Trinajstić information content (AvgIpc) is 2.18. The molecule has 4 saturated carbocycles. The van der Waals surface area contributed by atoms with Crippen molar-refractivity contribution in [2.45, 2.75) is 72.6 Å². The highest BCUT2D eigenvalue weighted by Crippen LogP contribution is 2.68. The Morgan fingerprint density at radius 2 is 1.48 bits per heavy atom. The first-order chi connectivity index (χ1) is 10.3. The molecular formula is C16H22Br3NO3. The summed E-state index contributed by atoms with van der Waals surface area (Å²) in [7, 11) is 0. The quantitative estimate of drug-likeness (QED) is 0.439. The van der Waals surface area contributed by atoms with Crippen molar-refractivity contribution in [1.82, 2.24) is 5.32 Å². The number of hydrogen-bond acceptors (Lipinski definition) is 3. The van der Waals surface area contributed by atoms with Gasteiger partial charge in [0.05, 0.1) is 0 Å². The summed E-state index contributed by atoms with van der Waals surface area (Å²) in [6.45, 7) is 6.02. The van der Waals surface area contributed by atoms with Gasteiger partial charge in [-0.3, -0.25) is 9.59 Å². The highest BCUT2D eigenvalue weighted by Gasteiger charge is 2.67. The molecule has 4 aliphatic carbocycles. The number of halogens is 3.